The fraction of sp³-hybridized carbons (Fsp3) is 0.500. The summed E-state index contributed by atoms with van der Waals surface area (Å²) in [6, 6.07) is 7.64. The topological polar surface area (TPSA) is 46.6 Å². The third-order valence-electron chi connectivity index (χ3n) is 3.53. The Balaban J connectivity index is 1.96. The molecule has 1 amide bonds. The van der Waals surface area contributed by atoms with Crippen molar-refractivity contribution in [3.8, 4) is 0 Å². The van der Waals surface area contributed by atoms with Crippen molar-refractivity contribution in [1.29, 1.82) is 0 Å². The predicted molar refractivity (Wildman–Crippen MR) is 83.9 cm³/mol. The van der Waals surface area contributed by atoms with Gasteiger partial charge in [-0.15, -0.1) is 11.8 Å². The molecule has 1 aromatic carbocycles. The molecule has 1 unspecified atom stereocenters. The number of ether oxygens (including phenoxy) is 1. The molecule has 0 aromatic heterocycles. The molecule has 0 saturated carbocycles. The normalized spacial score (nSPS) is 18.1. The molecule has 0 N–H and O–H groups in total. The van der Waals surface area contributed by atoms with E-state index in [1.807, 2.05) is 44.4 Å². The van der Waals surface area contributed by atoms with E-state index in [4.69, 9.17) is 4.74 Å². The smallest absolute Gasteiger partial charge is 0.410 e. The summed E-state index contributed by atoms with van der Waals surface area (Å²) in [6.07, 6.45) is 2.26. The first-order chi connectivity index (χ1) is 10.0. The summed E-state index contributed by atoms with van der Waals surface area (Å²) in [7, 11) is 0. The minimum Gasteiger partial charge on any atom is -0.447 e. The van der Waals surface area contributed by atoms with E-state index in [9.17, 15) is 9.59 Å². The largest absolute Gasteiger partial charge is 0.447 e. The molecular weight excluding hydrogens is 286 g/mol. The average Bonchev–Trinajstić information content (AvgIpc) is 2.96. The SMILES string of the molecule is CSc1ccc(C(=O)C2CCN(C(=O)OC(C)C)C2)cc1. The minimum absolute atomic E-state index is 0.113. The number of hydrogen-bond acceptors (Lipinski definition) is 4. The van der Waals surface area contributed by atoms with Crippen LogP contribution in [0.5, 0.6) is 0 Å². The highest BCUT2D eigenvalue weighted by Gasteiger charge is 2.32. The second-order valence-electron chi connectivity index (χ2n) is 5.46. The molecule has 0 radical (unpaired) electrons. The zero-order chi connectivity index (χ0) is 15.4. The second kappa shape index (κ2) is 6.98. The van der Waals surface area contributed by atoms with Crippen LogP contribution in [0, 0.1) is 5.92 Å². The monoisotopic (exact) mass is 307 g/mol. The molecule has 2 rings (SSSR count). The van der Waals surface area contributed by atoms with Crippen molar-refractivity contribution in [2.75, 3.05) is 19.3 Å². The van der Waals surface area contributed by atoms with Crippen molar-refractivity contribution in [2.45, 2.75) is 31.3 Å². The maximum Gasteiger partial charge on any atom is 0.410 e. The molecule has 0 aliphatic carbocycles. The molecule has 0 bridgehead atoms. The van der Waals surface area contributed by atoms with Crippen LogP contribution < -0.4 is 0 Å². The van der Waals surface area contributed by atoms with Gasteiger partial charge in [0, 0.05) is 29.5 Å². The summed E-state index contributed by atoms with van der Waals surface area (Å²) >= 11 is 1.65. The number of carbonyl (C=O) groups excluding carboxylic acids is 2. The molecule has 1 heterocycles. The fourth-order valence-electron chi connectivity index (χ4n) is 2.41. The van der Waals surface area contributed by atoms with Crippen molar-refractivity contribution in [3.63, 3.8) is 0 Å². The van der Waals surface area contributed by atoms with Gasteiger partial charge >= 0.3 is 6.09 Å². The number of ketones is 1. The van der Waals surface area contributed by atoms with Gasteiger partial charge in [-0.25, -0.2) is 4.79 Å². The molecule has 1 atom stereocenters. The first-order valence-corrected chi connectivity index (χ1v) is 8.37. The Bertz CT molecular complexity index is 513. The summed E-state index contributed by atoms with van der Waals surface area (Å²) in [5, 5.41) is 0. The van der Waals surface area contributed by atoms with E-state index >= 15 is 0 Å². The van der Waals surface area contributed by atoms with Gasteiger partial charge < -0.3 is 9.64 Å². The van der Waals surface area contributed by atoms with Gasteiger partial charge in [-0.2, -0.15) is 0 Å². The maximum absolute atomic E-state index is 12.5. The Morgan fingerprint density at radius 3 is 2.52 bits per heavy atom. The number of nitrogens with zero attached hydrogens (tertiary/aromatic N) is 1. The Hall–Kier alpha value is -1.49. The number of thioether (sulfide) groups is 1. The molecule has 0 spiro atoms. The van der Waals surface area contributed by atoms with Crippen LogP contribution in [0.25, 0.3) is 0 Å². The summed E-state index contributed by atoms with van der Waals surface area (Å²) in [5.41, 5.74) is 0.719. The highest BCUT2D eigenvalue weighted by Crippen LogP contribution is 2.23. The molecule has 1 aliphatic rings. The van der Waals surface area contributed by atoms with Crippen LogP contribution >= 0.6 is 11.8 Å². The first kappa shape index (κ1) is 15.9. The van der Waals surface area contributed by atoms with Gasteiger partial charge in [0.15, 0.2) is 5.78 Å². The van der Waals surface area contributed by atoms with Crippen LogP contribution in [0.2, 0.25) is 0 Å². The number of Topliss-reactive ketones (excluding diaryl/α,β-unsaturated/α-hetero) is 1. The Morgan fingerprint density at radius 1 is 1.29 bits per heavy atom. The third kappa shape index (κ3) is 4.00. The molecule has 114 valence electrons. The van der Waals surface area contributed by atoms with Gasteiger partial charge in [0.2, 0.25) is 0 Å². The van der Waals surface area contributed by atoms with Crippen LogP contribution in [0.1, 0.15) is 30.6 Å². The van der Waals surface area contributed by atoms with Crippen LogP contribution in [-0.4, -0.2) is 42.2 Å². The lowest BCUT2D eigenvalue weighted by atomic mass is 9.97. The van der Waals surface area contributed by atoms with E-state index < -0.39 is 0 Å². The number of benzene rings is 1. The molecule has 4 nitrogen and oxygen atoms in total. The number of hydrogen-bond donors (Lipinski definition) is 0. The lowest BCUT2D eigenvalue weighted by Gasteiger charge is -2.17. The fourth-order valence-corrected chi connectivity index (χ4v) is 2.82. The highest BCUT2D eigenvalue weighted by atomic mass is 32.2. The van der Waals surface area contributed by atoms with Crippen molar-refractivity contribution < 1.29 is 14.3 Å². The first-order valence-electron chi connectivity index (χ1n) is 7.15. The van der Waals surface area contributed by atoms with E-state index in [1.54, 1.807) is 16.7 Å². The van der Waals surface area contributed by atoms with E-state index in [2.05, 4.69) is 0 Å². The van der Waals surface area contributed by atoms with Crippen LogP contribution in [0.3, 0.4) is 0 Å². The number of amides is 1. The lowest BCUT2D eigenvalue weighted by Crippen LogP contribution is -2.32. The molecule has 21 heavy (non-hydrogen) atoms. The van der Waals surface area contributed by atoms with Gasteiger partial charge in [-0.05, 0) is 38.7 Å². The highest BCUT2D eigenvalue weighted by molar-refractivity contribution is 7.98. The molecule has 1 fully saturated rings. The zero-order valence-corrected chi connectivity index (χ0v) is 13.5. The maximum atomic E-state index is 12.5. The molecule has 1 aliphatic heterocycles. The summed E-state index contributed by atoms with van der Waals surface area (Å²) in [5.74, 6) is -0.00709. The summed E-state index contributed by atoms with van der Waals surface area (Å²) < 4.78 is 5.17. The van der Waals surface area contributed by atoms with Gasteiger partial charge in [0.05, 0.1) is 6.10 Å². The quantitative estimate of drug-likeness (QED) is 0.631. The minimum atomic E-state index is -0.321. The lowest BCUT2D eigenvalue weighted by molar-refractivity contribution is 0.0807. The Labute approximate surface area is 129 Å². The van der Waals surface area contributed by atoms with E-state index in [1.165, 1.54) is 0 Å². The number of likely N-dealkylation sites (tertiary alicyclic amines) is 1. The van der Waals surface area contributed by atoms with Crippen LogP contribution in [-0.2, 0) is 4.74 Å². The average molecular weight is 307 g/mol. The second-order valence-corrected chi connectivity index (χ2v) is 6.34. The number of rotatable bonds is 4. The molecular formula is C16H21NO3S. The summed E-state index contributed by atoms with van der Waals surface area (Å²) in [6.45, 7) is 4.69. The molecule has 1 saturated heterocycles. The van der Waals surface area contributed by atoms with E-state index in [0.717, 1.165) is 10.5 Å². The van der Waals surface area contributed by atoms with E-state index in [-0.39, 0.29) is 23.9 Å². The number of carbonyl (C=O) groups is 2. The Kier molecular flexibility index (Phi) is 5.28. The van der Waals surface area contributed by atoms with Crippen molar-refractivity contribution in [1.82, 2.24) is 4.90 Å². The predicted octanol–water partition coefficient (Wildman–Crippen LogP) is 3.46. The summed E-state index contributed by atoms with van der Waals surface area (Å²) in [4.78, 5) is 27.0. The van der Waals surface area contributed by atoms with Gasteiger partial charge in [-0.3, -0.25) is 4.79 Å². The molecule has 1 aromatic rings. The van der Waals surface area contributed by atoms with Crippen molar-refractivity contribution in [2.24, 2.45) is 5.92 Å². The van der Waals surface area contributed by atoms with Crippen LogP contribution in [0.4, 0.5) is 4.79 Å². The van der Waals surface area contributed by atoms with Gasteiger partial charge in [0.1, 0.15) is 0 Å². The van der Waals surface area contributed by atoms with Crippen LogP contribution in [0.15, 0.2) is 29.2 Å². The van der Waals surface area contributed by atoms with E-state index in [0.29, 0.717) is 19.5 Å². The zero-order valence-electron chi connectivity index (χ0n) is 12.7. The standard InChI is InChI=1S/C16H21NO3S/c1-11(2)20-16(19)17-9-8-13(10-17)15(18)12-4-6-14(21-3)7-5-12/h4-7,11,13H,8-10H2,1-3H3. The van der Waals surface area contributed by atoms with Gasteiger partial charge in [-0.1, -0.05) is 12.1 Å². The van der Waals surface area contributed by atoms with Crippen molar-refractivity contribution >= 4 is 23.6 Å². The van der Waals surface area contributed by atoms with Gasteiger partial charge in [0.25, 0.3) is 0 Å². The Morgan fingerprint density at radius 2 is 1.95 bits per heavy atom. The third-order valence-corrected chi connectivity index (χ3v) is 4.27. The molecule has 5 heteroatoms. The van der Waals surface area contributed by atoms with Crippen molar-refractivity contribution in [3.05, 3.63) is 29.8 Å².